The van der Waals surface area contributed by atoms with Crippen LogP contribution in [0.1, 0.15) is 15.2 Å². The topological polar surface area (TPSA) is 41.5 Å². The molecule has 0 saturated carbocycles. The van der Waals surface area contributed by atoms with Crippen LogP contribution in [0.3, 0.4) is 0 Å². The molecule has 2 aromatic rings. The Morgan fingerprint density at radius 1 is 1.19 bits per heavy atom. The molecule has 0 spiro atoms. The summed E-state index contributed by atoms with van der Waals surface area (Å²) in [6.07, 6.45) is 1.63. The molecule has 80 valence electrons. The molecule has 4 heteroatoms. The third-order valence-electron chi connectivity index (χ3n) is 1.94. The van der Waals surface area contributed by atoms with Crippen molar-refractivity contribution >= 4 is 23.5 Å². The number of hydrazone groups is 1. The first kappa shape index (κ1) is 10.6. The van der Waals surface area contributed by atoms with Crippen molar-refractivity contribution in [2.24, 2.45) is 5.10 Å². The van der Waals surface area contributed by atoms with E-state index in [4.69, 9.17) is 0 Å². The molecule has 0 aliphatic rings. The molecule has 0 saturated heterocycles. The van der Waals surface area contributed by atoms with E-state index in [9.17, 15) is 4.79 Å². The second kappa shape index (κ2) is 5.23. The predicted molar refractivity (Wildman–Crippen MR) is 65.8 cm³/mol. The first-order valence-electron chi connectivity index (χ1n) is 4.78. The lowest BCUT2D eigenvalue weighted by Crippen LogP contribution is -2.17. The number of thiophene rings is 1. The molecular formula is C12H10N2OS. The molecule has 0 radical (unpaired) electrons. The highest BCUT2D eigenvalue weighted by Crippen LogP contribution is 2.04. The Bertz CT molecular complexity index is 477. The maximum atomic E-state index is 11.6. The molecule has 2 rings (SSSR count). The largest absolute Gasteiger partial charge is 0.271 e. The monoisotopic (exact) mass is 230 g/mol. The third-order valence-corrected chi connectivity index (χ3v) is 2.74. The number of amides is 1. The van der Waals surface area contributed by atoms with Crippen molar-refractivity contribution in [3.05, 3.63) is 58.3 Å². The van der Waals surface area contributed by atoms with Crippen LogP contribution in [0, 0.1) is 0 Å². The highest BCUT2D eigenvalue weighted by Gasteiger charge is 2.01. The van der Waals surface area contributed by atoms with Crippen molar-refractivity contribution in [3.8, 4) is 0 Å². The average Bonchev–Trinajstić information content (AvgIpc) is 2.83. The van der Waals surface area contributed by atoms with Crippen molar-refractivity contribution in [2.45, 2.75) is 0 Å². The maximum Gasteiger partial charge on any atom is 0.271 e. The van der Waals surface area contributed by atoms with E-state index in [1.165, 1.54) is 0 Å². The van der Waals surface area contributed by atoms with Crippen molar-refractivity contribution in [2.75, 3.05) is 0 Å². The van der Waals surface area contributed by atoms with Crippen LogP contribution in [-0.2, 0) is 0 Å². The summed E-state index contributed by atoms with van der Waals surface area (Å²) in [6, 6.07) is 12.9. The van der Waals surface area contributed by atoms with Gasteiger partial charge >= 0.3 is 0 Å². The summed E-state index contributed by atoms with van der Waals surface area (Å²) in [7, 11) is 0. The highest BCUT2D eigenvalue weighted by molar-refractivity contribution is 7.11. The van der Waals surface area contributed by atoms with E-state index in [1.807, 2.05) is 35.7 Å². The van der Waals surface area contributed by atoms with Crippen LogP contribution in [0.5, 0.6) is 0 Å². The van der Waals surface area contributed by atoms with E-state index in [0.717, 1.165) is 4.88 Å². The number of benzene rings is 1. The van der Waals surface area contributed by atoms with Gasteiger partial charge in [-0.15, -0.1) is 11.3 Å². The second-order valence-corrected chi connectivity index (χ2v) is 4.06. The predicted octanol–water partition coefficient (Wildman–Crippen LogP) is 2.51. The van der Waals surface area contributed by atoms with Crippen LogP contribution in [0.15, 0.2) is 52.9 Å². The quantitative estimate of drug-likeness (QED) is 0.639. The van der Waals surface area contributed by atoms with E-state index in [1.54, 1.807) is 29.7 Å². The fourth-order valence-corrected chi connectivity index (χ4v) is 1.76. The number of rotatable bonds is 3. The van der Waals surface area contributed by atoms with Crippen LogP contribution in [0.4, 0.5) is 0 Å². The van der Waals surface area contributed by atoms with Gasteiger partial charge in [0.25, 0.3) is 5.91 Å². The summed E-state index contributed by atoms with van der Waals surface area (Å²) >= 11 is 1.57. The Labute approximate surface area is 97.4 Å². The lowest BCUT2D eigenvalue weighted by Gasteiger charge is -1.97. The zero-order chi connectivity index (χ0) is 11.2. The summed E-state index contributed by atoms with van der Waals surface area (Å²) in [5.74, 6) is -0.201. The van der Waals surface area contributed by atoms with Gasteiger partial charge in [0.05, 0.1) is 6.21 Å². The molecular weight excluding hydrogens is 220 g/mol. The van der Waals surface area contributed by atoms with Gasteiger partial charge in [0.15, 0.2) is 0 Å². The Balaban J connectivity index is 1.94. The van der Waals surface area contributed by atoms with Gasteiger partial charge in [0, 0.05) is 10.4 Å². The molecule has 0 fully saturated rings. The fraction of sp³-hybridized carbons (Fsp3) is 0. The Kier molecular flexibility index (Phi) is 3.46. The molecule has 1 aromatic heterocycles. The Hall–Kier alpha value is -1.94. The van der Waals surface area contributed by atoms with Gasteiger partial charge in [-0.3, -0.25) is 4.79 Å². The van der Waals surface area contributed by atoms with Gasteiger partial charge in [0.1, 0.15) is 0 Å². The lowest BCUT2D eigenvalue weighted by atomic mass is 10.2. The molecule has 1 heterocycles. The normalized spacial score (nSPS) is 10.5. The van der Waals surface area contributed by atoms with Crippen LogP contribution < -0.4 is 5.43 Å². The SMILES string of the molecule is O=C(NN=Cc1cccs1)c1ccccc1. The molecule has 1 aromatic carbocycles. The standard InChI is InChI=1S/C12H10N2OS/c15-12(10-5-2-1-3-6-10)14-13-9-11-7-4-8-16-11/h1-9H,(H,14,15). The first-order chi connectivity index (χ1) is 7.86. The molecule has 1 N–H and O–H groups in total. The zero-order valence-electron chi connectivity index (χ0n) is 8.46. The minimum atomic E-state index is -0.201. The van der Waals surface area contributed by atoms with Crippen molar-refractivity contribution in [1.82, 2.24) is 5.43 Å². The number of carbonyl (C=O) groups is 1. The fourth-order valence-electron chi connectivity index (χ4n) is 1.17. The first-order valence-corrected chi connectivity index (χ1v) is 5.66. The van der Waals surface area contributed by atoms with Gasteiger partial charge in [-0.1, -0.05) is 24.3 Å². The van der Waals surface area contributed by atoms with Crippen LogP contribution in [0.25, 0.3) is 0 Å². The van der Waals surface area contributed by atoms with Crippen LogP contribution in [-0.4, -0.2) is 12.1 Å². The molecule has 0 aliphatic heterocycles. The smallest absolute Gasteiger partial charge is 0.267 e. The summed E-state index contributed by atoms with van der Waals surface area (Å²) in [5.41, 5.74) is 3.08. The lowest BCUT2D eigenvalue weighted by molar-refractivity contribution is 0.0955. The number of hydrogen-bond acceptors (Lipinski definition) is 3. The number of nitrogens with zero attached hydrogens (tertiary/aromatic N) is 1. The third kappa shape index (κ3) is 2.77. The van der Waals surface area contributed by atoms with Crippen LogP contribution >= 0.6 is 11.3 Å². The van der Waals surface area contributed by atoms with Gasteiger partial charge < -0.3 is 0 Å². The molecule has 16 heavy (non-hydrogen) atoms. The molecule has 0 atom stereocenters. The number of hydrogen-bond donors (Lipinski definition) is 1. The molecule has 0 unspecified atom stereocenters. The minimum Gasteiger partial charge on any atom is -0.267 e. The van der Waals surface area contributed by atoms with Crippen molar-refractivity contribution < 1.29 is 4.79 Å². The number of nitrogens with one attached hydrogen (secondary N) is 1. The second-order valence-electron chi connectivity index (χ2n) is 3.08. The number of carbonyl (C=O) groups excluding carboxylic acids is 1. The van der Waals surface area contributed by atoms with E-state index in [0.29, 0.717) is 5.56 Å². The summed E-state index contributed by atoms with van der Waals surface area (Å²) in [4.78, 5) is 12.6. The summed E-state index contributed by atoms with van der Waals surface area (Å²) < 4.78 is 0. The Morgan fingerprint density at radius 2 is 2.00 bits per heavy atom. The zero-order valence-corrected chi connectivity index (χ0v) is 9.28. The van der Waals surface area contributed by atoms with E-state index in [2.05, 4.69) is 10.5 Å². The highest BCUT2D eigenvalue weighted by atomic mass is 32.1. The van der Waals surface area contributed by atoms with Crippen molar-refractivity contribution in [3.63, 3.8) is 0 Å². The van der Waals surface area contributed by atoms with Gasteiger partial charge in [-0.05, 0) is 23.6 Å². The summed E-state index contributed by atoms with van der Waals surface area (Å²) in [5, 5.41) is 5.83. The average molecular weight is 230 g/mol. The Morgan fingerprint density at radius 3 is 2.69 bits per heavy atom. The van der Waals surface area contributed by atoms with E-state index >= 15 is 0 Å². The van der Waals surface area contributed by atoms with Crippen LogP contribution in [0.2, 0.25) is 0 Å². The summed E-state index contributed by atoms with van der Waals surface area (Å²) in [6.45, 7) is 0. The molecule has 0 bridgehead atoms. The van der Waals surface area contributed by atoms with E-state index < -0.39 is 0 Å². The van der Waals surface area contributed by atoms with Gasteiger partial charge in [-0.2, -0.15) is 5.10 Å². The molecule has 3 nitrogen and oxygen atoms in total. The van der Waals surface area contributed by atoms with Gasteiger partial charge in [0.2, 0.25) is 0 Å². The van der Waals surface area contributed by atoms with E-state index in [-0.39, 0.29) is 5.91 Å². The minimum absolute atomic E-state index is 0.201. The molecule has 1 amide bonds. The van der Waals surface area contributed by atoms with Gasteiger partial charge in [-0.25, -0.2) is 5.43 Å². The maximum absolute atomic E-state index is 11.6. The molecule has 0 aliphatic carbocycles. The van der Waals surface area contributed by atoms with Crippen molar-refractivity contribution in [1.29, 1.82) is 0 Å².